The van der Waals surface area contributed by atoms with E-state index in [0.29, 0.717) is 16.3 Å². The third-order valence-electron chi connectivity index (χ3n) is 2.78. The van der Waals surface area contributed by atoms with E-state index >= 15 is 0 Å². The van der Waals surface area contributed by atoms with Gasteiger partial charge in [0.05, 0.1) is 7.11 Å². The van der Waals surface area contributed by atoms with Gasteiger partial charge in [-0.05, 0) is 51.2 Å². The highest BCUT2D eigenvalue weighted by Gasteiger charge is 2.21. The van der Waals surface area contributed by atoms with Crippen molar-refractivity contribution in [1.29, 1.82) is 0 Å². The van der Waals surface area contributed by atoms with Crippen LogP contribution in [-0.2, 0) is 5.54 Å². The summed E-state index contributed by atoms with van der Waals surface area (Å²) >= 11 is 5.26. The molecule has 0 spiro atoms. The number of phenolic OH excluding ortho intramolecular Hbond substituents is 1. The van der Waals surface area contributed by atoms with Crippen LogP contribution in [0.25, 0.3) is 11.4 Å². The molecule has 0 saturated carbocycles. The number of benzene rings is 1. The summed E-state index contributed by atoms with van der Waals surface area (Å²) in [6, 6.07) is 5.16. The number of aromatic amines is 1. The first kappa shape index (κ1) is 13.6. The van der Waals surface area contributed by atoms with Crippen molar-refractivity contribution in [2.75, 3.05) is 7.11 Å². The van der Waals surface area contributed by atoms with Crippen LogP contribution < -0.4 is 4.74 Å². The number of phenols is 1. The lowest BCUT2D eigenvalue weighted by molar-refractivity contribution is 0.373. The van der Waals surface area contributed by atoms with Crippen LogP contribution in [0, 0.1) is 4.77 Å². The van der Waals surface area contributed by atoms with Gasteiger partial charge in [-0.15, -0.1) is 0 Å². The highest BCUT2D eigenvalue weighted by Crippen LogP contribution is 2.32. The molecule has 2 rings (SSSR count). The Hall–Kier alpha value is -1.82. The molecule has 0 aliphatic carbocycles. The van der Waals surface area contributed by atoms with Crippen LogP contribution in [0.2, 0.25) is 0 Å². The summed E-state index contributed by atoms with van der Waals surface area (Å²) < 4.78 is 7.51. The lowest BCUT2D eigenvalue weighted by atomic mass is 10.1. The van der Waals surface area contributed by atoms with E-state index in [9.17, 15) is 5.11 Å². The first-order valence-electron chi connectivity index (χ1n) is 5.90. The summed E-state index contributed by atoms with van der Waals surface area (Å²) in [6.45, 7) is 6.14. The van der Waals surface area contributed by atoms with E-state index < -0.39 is 0 Å². The predicted molar refractivity (Wildman–Crippen MR) is 76.1 cm³/mol. The topological polar surface area (TPSA) is 63.1 Å². The van der Waals surface area contributed by atoms with Crippen LogP contribution in [0.5, 0.6) is 11.5 Å². The van der Waals surface area contributed by atoms with Crippen LogP contribution >= 0.6 is 12.2 Å². The molecule has 0 radical (unpaired) electrons. The standard InChI is InChI=1S/C13H17N3O2S/c1-13(2,3)16-11(14-15-12(16)19)8-5-6-10(18-4)9(17)7-8/h5-7,17H,1-4H3,(H,15,19). The van der Waals surface area contributed by atoms with Gasteiger partial charge in [-0.25, -0.2) is 0 Å². The molecule has 0 fully saturated rings. The lowest BCUT2D eigenvalue weighted by Crippen LogP contribution is -2.22. The van der Waals surface area contributed by atoms with Gasteiger partial charge in [0.2, 0.25) is 0 Å². The molecule has 19 heavy (non-hydrogen) atoms. The number of nitrogens with one attached hydrogen (secondary N) is 1. The molecular weight excluding hydrogens is 262 g/mol. The normalized spacial score (nSPS) is 11.6. The molecular formula is C13H17N3O2S. The van der Waals surface area contributed by atoms with Crippen LogP contribution in [0.3, 0.4) is 0 Å². The molecule has 5 nitrogen and oxygen atoms in total. The molecule has 0 amide bonds. The van der Waals surface area contributed by atoms with E-state index in [0.717, 1.165) is 5.56 Å². The van der Waals surface area contributed by atoms with Crippen LogP contribution in [0.1, 0.15) is 20.8 Å². The third kappa shape index (κ3) is 2.49. The number of aromatic nitrogens is 3. The molecule has 6 heteroatoms. The van der Waals surface area contributed by atoms with Gasteiger partial charge in [0.15, 0.2) is 22.1 Å². The van der Waals surface area contributed by atoms with Crippen molar-refractivity contribution in [2.24, 2.45) is 0 Å². The number of hydrogen-bond donors (Lipinski definition) is 2. The van der Waals surface area contributed by atoms with Crippen molar-refractivity contribution in [3.8, 4) is 22.9 Å². The Morgan fingerprint density at radius 1 is 1.37 bits per heavy atom. The van der Waals surface area contributed by atoms with Crippen molar-refractivity contribution >= 4 is 12.2 Å². The van der Waals surface area contributed by atoms with E-state index in [1.54, 1.807) is 12.1 Å². The Labute approximate surface area is 116 Å². The number of nitrogens with zero attached hydrogens (tertiary/aromatic N) is 2. The van der Waals surface area contributed by atoms with Crippen LogP contribution in [-0.4, -0.2) is 27.0 Å². The zero-order chi connectivity index (χ0) is 14.2. The van der Waals surface area contributed by atoms with Crippen LogP contribution in [0.4, 0.5) is 0 Å². The van der Waals surface area contributed by atoms with Crippen molar-refractivity contribution in [3.05, 3.63) is 23.0 Å². The minimum Gasteiger partial charge on any atom is -0.504 e. The van der Waals surface area contributed by atoms with E-state index in [4.69, 9.17) is 17.0 Å². The average molecular weight is 279 g/mol. The second kappa shape index (κ2) is 4.70. The summed E-state index contributed by atoms with van der Waals surface area (Å²) in [4.78, 5) is 0. The fourth-order valence-corrected chi connectivity index (χ4v) is 2.35. The molecule has 0 aliphatic heterocycles. The maximum Gasteiger partial charge on any atom is 0.195 e. The zero-order valence-corrected chi connectivity index (χ0v) is 12.2. The maximum absolute atomic E-state index is 9.85. The zero-order valence-electron chi connectivity index (χ0n) is 11.4. The highest BCUT2D eigenvalue weighted by molar-refractivity contribution is 7.71. The first-order valence-corrected chi connectivity index (χ1v) is 6.30. The quantitative estimate of drug-likeness (QED) is 0.829. The molecule has 2 N–H and O–H groups in total. The summed E-state index contributed by atoms with van der Waals surface area (Å²) in [5.41, 5.74) is 0.579. The van der Waals surface area contributed by atoms with Gasteiger partial charge in [-0.1, -0.05) is 0 Å². The van der Waals surface area contributed by atoms with Gasteiger partial charge >= 0.3 is 0 Å². The number of rotatable bonds is 2. The molecule has 1 aromatic carbocycles. The average Bonchev–Trinajstić information content (AvgIpc) is 2.70. The van der Waals surface area contributed by atoms with Crippen molar-refractivity contribution in [3.63, 3.8) is 0 Å². The molecule has 0 atom stereocenters. The Morgan fingerprint density at radius 3 is 2.58 bits per heavy atom. The van der Waals surface area contributed by atoms with Crippen LogP contribution in [0.15, 0.2) is 18.2 Å². The fraction of sp³-hybridized carbons (Fsp3) is 0.385. The van der Waals surface area contributed by atoms with E-state index in [-0.39, 0.29) is 11.3 Å². The second-order valence-corrected chi connectivity index (χ2v) is 5.63. The lowest BCUT2D eigenvalue weighted by Gasteiger charge is -2.22. The number of methoxy groups -OCH3 is 1. The van der Waals surface area contributed by atoms with Gasteiger partial charge < -0.3 is 9.84 Å². The predicted octanol–water partition coefficient (Wildman–Crippen LogP) is 3.08. The van der Waals surface area contributed by atoms with Crippen molar-refractivity contribution in [1.82, 2.24) is 14.8 Å². The third-order valence-corrected chi connectivity index (χ3v) is 3.05. The Bertz CT molecular complexity index is 653. The number of H-pyrrole nitrogens is 1. The molecule has 1 aromatic heterocycles. The van der Waals surface area contributed by atoms with Gasteiger partial charge in [0.1, 0.15) is 0 Å². The molecule has 0 bridgehead atoms. The summed E-state index contributed by atoms with van der Waals surface area (Å²) in [5, 5.41) is 16.9. The number of ether oxygens (including phenoxy) is 1. The minimum absolute atomic E-state index is 0.0781. The van der Waals surface area contributed by atoms with E-state index in [2.05, 4.69) is 10.2 Å². The number of aromatic hydroxyl groups is 1. The van der Waals surface area contributed by atoms with Crippen molar-refractivity contribution in [2.45, 2.75) is 26.3 Å². The molecule has 0 saturated heterocycles. The highest BCUT2D eigenvalue weighted by atomic mass is 32.1. The summed E-state index contributed by atoms with van der Waals surface area (Å²) in [5.74, 6) is 1.20. The van der Waals surface area contributed by atoms with Crippen molar-refractivity contribution < 1.29 is 9.84 Å². The Balaban J connectivity index is 2.61. The van der Waals surface area contributed by atoms with E-state index in [1.165, 1.54) is 7.11 Å². The van der Waals surface area contributed by atoms with Gasteiger partial charge in [0, 0.05) is 11.1 Å². The largest absolute Gasteiger partial charge is 0.504 e. The van der Waals surface area contributed by atoms with Gasteiger partial charge in [-0.2, -0.15) is 5.10 Å². The van der Waals surface area contributed by atoms with E-state index in [1.807, 2.05) is 31.4 Å². The molecule has 102 valence electrons. The summed E-state index contributed by atoms with van der Waals surface area (Å²) in [7, 11) is 1.51. The minimum atomic E-state index is -0.199. The number of hydrogen-bond acceptors (Lipinski definition) is 4. The maximum atomic E-state index is 9.85. The SMILES string of the molecule is COc1ccc(-c2n[nH]c(=S)n2C(C)(C)C)cc1O. The molecule has 0 unspecified atom stereocenters. The van der Waals surface area contributed by atoms with Gasteiger partial charge in [0.25, 0.3) is 0 Å². The molecule has 0 aliphatic rings. The fourth-order valence-electron chi connectivity index (χ4n) is 1.94. The first-order chi connectivity index (χ1) is 8.84. The Morgan fingerprint density at radius 2 is 2.05 bits per heavy atom. The summed E-state index contributed by atoms with van der Waals surface area (Å²) in [6.07, 6.45) is 0. The van der Waals surface area contributed by atoms with Gasteiger partial charge in [-0.3, -0.25) is 9.67 Å². The molecule has 2 aromatic rings. The second-order valence-electron chi connectivity index (χ2n) is 5.25. The monoisotopic (exact) mass is 279 g/mol. The smallest absolute Gasteiger partial charge is 0.195 e. The molecule has 1 heterocycles. The Kier molecular flexibility index (Phi) is 3.36.